The molecule has 28 heavy (non-hydrogen) atoms. The molecule has 2 aromatic carbocycles. The number of amides is 1. The summed E-state index contributed by atoms with van der Waals surface area (Å²) in [6.07, 6.45) is 0. The number of hydrogen-bond acceptors (Lipinski definition) is 4. The van der Waals surface area contributed by atoms with Crippen LogP contribution in [-0.4, -0.2) is 55.5 Å². The van der Waals surface area contributed by atoms with Gasteiger partial charge in [-0.25, -0.2) is 12.8 Å². The minimum absolute atomic E-state index is 0.0623. The van der Waals surface area contributed by atoms with Gasteiger partial charge in [0.2, 0.25) is 15.9 Å². The summed E-state index contributed by atoms with van der Waals surface area (Å²) in [5.74, 6) is -0.446. The Labute approximate surface area is 177 Å². The largest absolute Gasteiger partial charge is 0.339 e. The molecule has 1 amide bonds. The van der Waals surface area contributed by atoms with Crippen LogP contribution in [0.1, 0.15) is 0 Å². The van der Waals surface area contributed by atoms with E-state index < -0.39 is 10.0 Å². The van der Waals surface area contributed by atoms with Gasteiger partial charge in [-0.15, -0.1) is 11.8 Å². The molecule has 0 spiro atoms. The highest BCUT2D eigenvalue weighted by molar-refractivity contribution is 8.00. The Bertz CT molecular complexity index is 960. The Morgan fingerprint density at radius 1 is 1.00 bits per heavy atom. The van der Waals surface area contributed by atoms with Crippen LogP contribution in [0.5, 0.6) is 0 Å². The summed E-state index contributed by atoms with van der Waals surface area (Å²) < 4.78 is 40.6. The van der Waals surface area contributed by atoms with Crippen molar-refractivity contribution in [1.82, 2.24) is 9.21 Å². The Kier molecular flexibility index (Phi) is 6.88. The van der Waals surface area contributed by atoms with Gasteiger partial charge in [-0.1, -0.05) is 41.4 Å². The maximum absolute atomic E-state index is 13.7. The molecular weight excluding hydrogens is 446 g/mol. The highest BCUT2D eigenvalue weighted by Crippen LogP contribution is 2.32. The summed E-state index contributed by atoms with van der Waals surface area (Å²) in [5.41, 5.74) is 0. The minimum Gasteiger partial charge on any atom is -0.339 e. The molecule has 5 nitrogen and oxygen atoms in total. The standard InChI is InChI=1S/C18H17Cl2FN2O3S2/c19-13-4-3-5-14(20)18(13)28(25,26)23-10-8-22(9-11-23)17(24)12-27-16-7-2-1-6-15(16)21/h1-7H,8-12H2. The number of sulfonamides is 1. The molecule has 0 aromatic heterocycles. The number of thioether (sulfide) groups is 1. The van der Waals surface area contributed by atoms with Gasteiger partial charge in [0.1, 0.15) is 10.7 Å². The number of nitrogens with zero attached hydrogens (tertiary/aromatic N) is 2. The first-order chi connectivity index (χ1) is 13.3. The predicted molar refractivity (Wildman–Crippen MR) is 109 cm³/mol. The van der Waals surface area contributed by atoms with Crippen molar-refractivity contribution in [3.05, 3.63) is 58.3 Å². The second-order valence-corrected chi connectivity index (χ2v) is 9.76. The highest BCUT2D eigenvalue weighted by atomic mass is 35.5. The van der Waals surface area contributed by atoms with Gasteiger partial charge >= 0.3 is 0 Å². The Morgan fingerprint density at radius 3 is 2.21 bits per heavy atom. The Balaban J connectivity index is 1.61. The van der Waals surface area contributed by atoms with Gasteiger partial charge in [0, 0.05) is 31.1 Å². The van der Waals surface area contributed by atoms with Crippen LogP contribution >= 0.6 is 35.0 Å². The topological polar surface area (TPSA) is 57.7 Å². The zero-order valence-corrected chi connectivity index (χ0v) is 17.8. The molecule has 2 aromatic rings. The zero-order valence-electron chi connectivity index (χ0n) is 14.6. The van der Waals surface area contributed by atoms with Gasteiger partial charge in [-0.2, -0.15) is 4.31 Å². The van der Waals surface area contributed by atoms with Crippen LogP contribution in [0.2, 0.25) is 10.0 Å². The molecule has 1 aliphatic rings. The average molecular weight is 463 g/mol. The van der Waals surface area contributed by atoms with Crippen LogP contribution in [0.4, 0.5) is 4.39 Å². The van der Waals surface area contributed by atoms with Crippen molar-refractivity contribution in [1.29, 1.82) is 0 Å². The monoisotopic (exact) mass is 462 g/mol. The second-order valence-electron chi connectivity index (χ2n) is 6.05. The lowest BCUT2D eigenvalue weighted by Crippen LogP contribution is -2.51. The minimum atomic E-state index is -3.86. The van der Waals surface area contributed by atoms with Gasteiger partial charge < -0.3 is 4.90 Å². The Morgan fingerprint density at radius 2 is 1.61 bits per heavy atom. The van der Waals surface area contributed by atoms with Crippen LogP contribution in [0.3, 0.4) is 0 Å². The lowest BCUT2D eigenvalue weighted by molar-refractivity contribution is -0.129. The quantitative estimate of drug-likeness (QED) is 0.634. The molecule has 150 valence electrons. The van der Waals surface area contributed by atoms with E-state index in [1.165, 1.54) is 22.5 Å². The number of hydrogen-bond donors (Lipinski definition) is 0. The van der Waals surface area contributed by atoms with Crippen molar-refractivity contribution in [3.8, 4) is 0 Å². The van der Waals surface area contributed by atoms with Crippen LogP contribution in [0, 0.1) is 5.82 Å². The molecular formula is C18H17Cl2FN2O3S2. The van der Waals surface area contributed by atoms with E-state index in [2.05, 4.69) is 0 Å². The van der Waals surface area contributed by atoms with Gasteiger partial charge in [-0.3, -0.25) is 4.79 Å². The smallest absolute Gasteiger partial charge is 0.246 e. The number of halogens is 3. The van der Waals surface area contributed by atoms with E-state index in [-0.39, 0.29) is 58.6 Å². The van der Waals surface area contributed by atoms with Crippen LogP contribution < -0.4 is 0 Å². The molecule has 1 aliphatic heterocycles. The fourth-order valence-electron chi connectivity index (χ4n) is 2.83. The first kappa shape index (κ1) is 21.4. The van der Waals surface area contributed by atoms with E-state index in [4.69, 9.17) is 23.2 Å². The molecule has 0 aliphatic carbocycles. The zero-order chi connectivity index (χ0) is 20.3. The number of carbonyl (C=O) groups excluding carboxylic acids is 1. The van der Waals surface area contributed by atoms with Crippen molar-refractivity contribution in [2.24, 2.45) is 0 Å². The van der Waals surface area contributed by atoms with E-state index in [1.807, 2.05) is 0 Å². The molecule has 1 fully saturated rings. The van der Waals surface area contributed by atoms with E-state index >= 15 is 0 Å². The van der Waals surface area contributed by atoms with Crippen molar-refractivity contribution < 1.29 is 17.6 Å². The molecule has 0 N–H and O–H groups in total. The predicted octanol–water partition coefficient (Wildman–Crippen LogP) is 3.76. The molecule has 1 heterocycles. The molecule has 3 rings (SSSR count). The number of piperazine rings is 1. The summed E-state index contributed by atoms with van der Waals surface area (Å²) in [6, 6.07) is 10.8. The molecule has 10 heteroatoms. The first-order valence-corrected chi connectivity index (χ1v) is 11.6. The lowest BCUT2D eigenvalue weighted by atomic mass is 10.3. The van der Waals surface area contributed by atoms with Gasteiger partial charge in [0.05, 0.1) is 15.8 Å². The van der Waals surface area contributed by atoms with Crippen molar-refractivity contribution >= 4 is 50.9 Å². The average Bonchev–Trinajstić information content (AvgIpc) is 2.67. The molecule has 0 atom stereocenters. The van der Waals surface area contributed by atoms with E-state index in [0.717, 1.165) is 11.8 Å². The molecule has 0 radical (unpaired) electrons. The van der Waals surface area contributed by atoms with Gasteiger partial charge in [0.25, 0.3) is 0 Å². The van der Waals surface area contributed by atoms with Crippen molar-refractivity contribution in [2.75, 3.05) is 31.9 Å². The molecule has 0 unspecified atom stereocenters. The van der Waals surface area contributed by atoms with Crippen LogP contribution in [-0.2, 0) is 14.8 Å². The van der Waals surface area contributed by atoms with Crippen LogP contribution in [0.25, 0.3) is 0 Å². The number of rotatable bonds is 5. The fraction of sp³-hybridized carbons (Fsp3) is 0.278. The van der Waals surface area contributed by atoms with E-state index in [0.29, 0.717) is 4.90 Å². The maximum atomic E-state index is 13.7. The van der Waals surface area contributed by atoms with Crippen molar-refractivity contribution in [2.45, 2.75) is 9.79 Å². The Hall–Kier alpha value is -1.32. The maximum Gasteiger partial charge on any atom is 0.246 e. The van der Waals surface area contributed by atoms with Gasteiger partial charge in [-0.05, 0) is 24.3 Å². The van der Waals surface area contributed by atoms with E-state index in [9.17, 15) is 17.6 Å². The third-order valence-electron chi connectivity index (χ3n) is 4.30. The summed E-state index contributed by atoms with van der Waals surface area (Å²) in [7, 11) is -3.86. The fourth-order valence-corrected chi connectivity index (χ4v) is 6.18. The van der Waals surface area contributed by atoms with E-state index in [1.54, 1.807) is 29.2 Å². The molecule has 0 saturated carbocycles. The third kappa shape index (κ3) is 4.63. The first-order valence-electron chi connectivity index (χ1n) is 8.40. The summed E-state index contributed by atoms with van der Waals surface area (Å²) in [5, 5.41) is 0.125. The third-order valence-corrected chi connectivity index (χ3v) is 8.18. The summed E-state index contributed by atoms with van der Waals surface area (Å²) in [6.45, 7) is 0.774. The summed E-state index contributed by atoms with van der Waals surface area (Å²) >= 11 is 13.2. The second kappa shape index (κ2) is 9.00. The lowest BCUT2D eigenvalue weighted by Gasteiger charge is -2.34. The molecule has 1 saturated heterocycles. The highest BCUT2D eigenvalue weighted by Gasteiger charge is 2.32. The van der Waals surface area contributed by atoms with Crippen molar-refractivity contribution in [3.63, 3.8) is 0 Å². The van der Waals surface area contributed by atoms with Gasteiger partial charge in [0.15, 0.2) is 0 Å². The normalized spacial score (nSPS) is 15.6. The SMILES string of the molecule is O=C(CSc1ccccc1F)N1CCN(S(=O)(=O)c2c(Cl)cccc2Cl)CC1. The van der Waals surface area contributed by atoms with Crippen LogP contribution in [0.15, 0.2) is 52.3 Å². The summed E-state index contributed by atoms with van der Waals surface area (Å²) in [4.78, 5) is 14.3. The molecule has 0 bridgehead atoms. The number of carbonyl (C=O) groups is 1. The number of benzene rings is 2.